The molecule has 6 heteroatoms. The van der Waals surface area contributed by atoms with E-state index in [0.29, 0.717) is 17.8 Å². The number of hydrogen-bond acceptors (Lipinski definition) is 3. The highest BCUT2D eigenvalue weighted by Crippen LogP contribution is 2.18. The molecule has 0 aliphatic rings. The summed E-state index contributed by atoms with van der Waals surface area (Å²) < 4.78 is 28.4. The molecule has 0 fully saturated rings. The lowest BCUT2D eigenvalue weighted by molar-refractivity contribution is 0.562. The smallest absolute Gasteiger partial charge is 0.244 e. The highest BCUT2D eigenvalue weighted by atomic mass is 32.2. The van der Waals surface area contributed by atoms with Crippen LogP contribution < -0.4 is 4.72 Å². The van der Waals surface area contributed by atoms with Crippen molar-refractivity contribution in [2.24, 2.45) is 7.05 Å². The Balaban J connectivity index is 3.11. The maximum atomic E-state index is 12.1. The Morgan fingerprint density at radius 2 is 2.12 bits per heavy atom. The Bertz CT molecular complexity index is 552. The monoisotopic (exact) mass is 255 g/mol. The van der Waals surface area contributed by atoms with Crippen molar-refractivity contribution in [3.63, 3.8) is 0 Å². The minimum atomic E-state index is -3.55. The summed E-state index contributed by atoms with van der Waals surface area (Å²) in [5.41, 5.74) is 1.10. The first-order valence-corrected chi connectivity index (χ1v) is 6.74. The lowest BCUT2D eigenvalue weighted by Crippen LogP contribution is -2.32. The van der Waals surface area contributed by atoms with E-state index in [1.54, 1.807) is 32.5 Å². The third-order valence-electron chi connectivity index (χ3n) is 2.49. The molecule has 94 valence electrons. The van der Waals surface area contributed by atoms with Gasteiger partial charge in [-0.3, -0.25) is 4.68 Å². The molecule has 0 aromatic carbocycles. The van der Waals surface area contributed by atoms with E-state index in [4.69, 9.17) is 6.42 Å². The maximum absolute atomic E-state index is 12.1. The second kappa shape index (κ2) is 4.90. The van der Waals surface area contributed by atoms with Crippen molar-refractivity contribution < 1.29 is 8.42 Å². The number of aryl methyl sites for hydroxylation is 2. The van der Waals surface area contributed by atoms with Crippen LogP contribution in [0.5, 0.6) is 0 Å². The largest absolute Gasteiger partial charge is 0.271 e. The van der Waals surface area contributed by atoms with Crippen LogP contribution >= 0.6 is 0 Å². The summed E-state index contributed by atoms with van der Waals surface area (Å²) in [6.45, 7) is 5.13. The lowest BCUT2D eigenvalue weighted by atomic mass is 10.3. The molecule has 0 amide bonds. The molecule has 0 spiro atoms. The number of nitrogens with one attached hydrogen (secondary N) is 1. The summed E-state index contributed by atoms with van der Waals surface area (Å²) in [5, 5.41) is 4.09. The van der Waals surface area contributed by atoms with E-state index < -0.39 is 10.0 Å². The molecule has 1 unspecified atom stereocenters. The number of sulfonamides is 1. The van der Waals surface area contributed by atoms with Crippen molar-refractivity contribution >= 4 is 10.0 Å². The summed E-state index contributed by atoms with van der Waals surface area (Å²) in [4.78, 5) is 0.240. The van der Waals surface area contributed by atoms with Gasteiger partial charge in [0.15, 0.2) is 0 Å². The average Bonchev–Trinajstić information content (AvgIpc) is 2.40. The minimum Gasteiger partial charge on any atom is -0.271 e. The maximum Gasteiger partial charge on any atom is 0.244 e. The number of aromatic nitrogens is 2. The zero-order valence-electron chi connectivity index (χ0n) is 10.5. The Labute approximate surface area is 102 Å². The van der Waals surface area contributed by atoms with Gasteiger partial charge in [-0.15, -0.1) is 12.3 Å². The van der Waals surface area contributed by atoms with E-state index in [1.165, 1.54) is 0 Å². The third-order valence-corrected chi connectivity index (χ3v) is 4.33. The molecule has 17 heavy (non-hydrogen) atoms. The van der Waals surface area contributed by atoms with Crippen LogP contribution in [0.1, 0.15) is 24.7 Å². The number of rotatable bonds is 4. The quantitative estimate of drug-likeness (QED) is 0.807. The van der Waals surface area contributed by atoms with Gasteiger partial charge in [0.1, 0.15) is 4.90 Å². The van der Waals surface area contributed by atoms with Crippen LogP contribution in [0.4, 0.5) is 0 Å². The molecule has 5 nitrogen and oxygen atoms in total. The molecular formula is C11H17N3O2S. The van der Waals surface area contributed by atoms with Gasteiger partial charge < -0.3 is 0 Å². The van der Waals surface area contributed by atoms with Gasteiger partial charge in [0.05, 0.1) is 11.4 Å². The molecular weight excluding hydrogens is 238 g/mol. The highest BCUT2D eigenvalue weighted by Gasteiger charge is 2.24. The fourth-order valence-electron chi connectivity index (χ4n) is 1.69. The van der Waals surface area contributed by atoms with Gasteiger partial charge in [0.25, 0.3) is 0 Å². The predicted molar refractivity (Wildman–Crippen MR) is 65.9 cm³/mol. The van der Waals surface area contributed by atoms with E-state index in [-0.39, 0.29) is 10.9 Å². The van der Waals surface area contributed by atoms with Gasteiger partial charge in [-0.1, -0.05) is 0 Å². The molecule has 0 saturated heterocycles. The fourth-order valence-corrected chi connectivity index (χ4v) is 3.37. The number of nitrogens with zero attached hydrogens (tertiary/aromatic N) is 2. The lowest BCUT2D eigenvalue weighted by Gasteiger charge is -2.11. The molecule has 1 atom stereocenters. The first-order chi connectivity index (χ1) is 7.79. The van der Waals surface area contributed by atoms with Gasteiger partial charge in [0.2, 0.25) is 10.0 Å². The van der Waals surface area contributed by atoms with E-state index in [2.05, 4.69) is 15.7 Å². The zero-order chi connectivity index (χ0) is 13.2. The molecule has 1 rings (SSSR count). The van der Waals surface area contributed by atoms with Crippen molar-refractivity contribution in [1.82, 2.24) is 14.5 Å². The Hall–Kier alpha value is -1.32. The summed E-state index contributed by atoms with van der Waals surface area (Å²) in [6.07, 6.45) is 5.51. The predicted octanol–water partition coefficient (Wildman–Crippen LogP) is 0.727. The minimum absolute atomic E-state index is 0.240. The van der Waals surface area contributed by atoms with E-state index in [1.807, 2.05) is 0 Å². The molecule has 0 aliphatic carbocycles. The van der Waals surface area contributed by atoms with Crippen molar-refractivity contribution in [2.45, 2.75) is 38.1 Å². The second-order valence-electron chi connectivity index (χ2n) is 4.05. The highest BCUT2D eigenvalue weighted by molar-refractivity contribution is 7.89. The normalized spacial score (nSPS) is 13.4. The van der Waals surface area contributed by atoms with Crippen molar-refractivity contribution in [3.05, 3.63) is 11.4 Å². The van der Waals surface area contributed by atoms with Gasteiger partial charge in [-0.05, 0) is 20.8 Å². The standard InChI is InChI=1S/C11H17N3O2S/c1-6-7-8(2)13-17(15,16)11-9(3)12-14(5)10(11)4/h1,8,13H,7H2,2-5H3. The topological polar surface area (TPSA) is 64.0 Å². The van der Waals surface area contributed by atoms with Crippen molar-refractivity contribution in [2.75, 3.05) is 0 Å². The molecule has 1 aromatic rings. The van der Waals surface area contributed by atoms with Crippen LogP contribution in [0, 0.1) is 26.2 Å². The third kappa shape index (κ3) is 2.87. The Morgan fingerprint density at radius 1 is 1.53 bits per heavy atom. The molecule has 0 bridgehead atoms. The first-order valence-electron chi connectivity index (χ1n) is 5.25. The fraction of sp³-hybridized carbons (Fsp3) is 0.545. The number of terminal acetylenes is 1. The van der Waals surface area contributed by atoms with Gasteiger partial charge in [0, 0.05) is 19.5 Å². The first kappa shape index (κ1) is 13.7. The van der Waals surface area contributed by atoms with Crippen LogP contribution in [-0.4, -0.2) is 24.2 Å². The Morgan fingerprint density at radius 3 is 2.53 bits per heavy atom. The molecule has 0 aliphatic heterocycles. The van der Waals surface area contributed by atoms with Gasteiger partial charge in [-0.25, -0.2) is 13.1 Å². The van der Waals surface area contributed by atoms with Crippen LogP contribution in [-0.2, 0) is 17.1 Å². The average molecular weight is 255 g/mol. The van der Waals surface area contributed by atoms with Crippen LogP contribution in [0.25, 0.3) is 0 Å². The van der Waals surface area contributed by atoms with Gasteiger partial charge in [-0.2, -0.15) is 5.10 Å². The SMILES string of the molecule is C#CCC(C)NS(=O)(=O)c1c(C)nn(C)c1C. The molecule has 1 heterocycles. The zero-order valence-corrected chi connectivity index (χ0v) is 11.3. The Kier molecular flexibility index (Phi) is 3.96. The van der Waals surface area contributed by atoms with Crippen LogP contribution in [0.15, 0.2) is 4.90 Å². The molecule has 0 radical (unpaired) electrons. The van der Waals surface area contributed by atoms with E-state index in [0.717, 1.165) is 0 Å². The van der Waals surface area contributed by atoms with Crippen molar-refractivity contribution in [3.8, 4) is 12.3 Å². The van der Waals surface area contributed by atoms with Gasteiger partial charge >= 0.3 is 0 Å². The van der Waals surface area contributed by atoms with E-state index in [9.17, 15) is 8.42 Å². The van der Waals surface area contributed by atoms with Crippen molar-refractivity contribution in [1.29, 1.82) is 0 Å². The molecule has 0 saturated carbocycles. The molecule has 1 aromatic heterocycles. The van der Waals surface area contributed by atoms with Crippen LogP contribution in [0.2, 0.25) is 0 Å². The second-order valence-corrected chi connectivity index (χ2v) is 5.70. The van der Waals surface area contributed by atoms with E-state index >= 15 is 0 Å². The summed E-state index contributed by atoms with van der Waals surface area (Å²) in [6, 6.07) is -0.288. The van der Waals surface area contributed by atoms with Crippen LogP contribution in [0.3, 0.4) is 0 Å². The summed E-state index contributed by atoms with van der Waals surface area (Å²) in [7, 11) is -1.84. The summed E-state index contributed by atoms with van der Waals surface area (Å²) in [5.74, 6) is 2.43. The summed E-state index contributed by atoms with van der Waals surface area (Å²) >= 11 is 0. The molecule has 1 N–H and O–H groups in total. The number of hydrogen-bond donors (Lipinski definition) is 1.